The Morgan fingerprint density at radius 3 is 3.06 bits per heavy atom. The minimum absolute atomic E-state index is 0.124. The van der Waals surface area contributed by atoms with Crippen LogP contribution in [0.4, 0.5) is 0 Å². The Morgan fingerprint density at radius 1 is 1.56 bits per heavy atom. The van der Waals surface area contributed by atoms with E-state index >= 15 is 0 Å². The molecule has 0 saturated heterocycles. The first-order valence-electron chi connectivity index (χ1n) is 6.01. The van der Waals surface area contributed by atoms with Gasteiger partial charge in [-0.15, -0.1) is 11.8 Å². The molecular weight excluding hydrogens is 246 g/mol. The predicted octanol–water partition coefficient (Wildman–Crippen LogP) is 2.65. The van der Waals surface area contributed by atoms with Crippen LogP contribution in [0.5, 0.6) is 0 Å². The average Bonchev–Trinajstić information content (AvgIpc) is 2.39. The quantitative estimate of drug-likeness (QED) is 0.785. The third-order valence-corrected chi connectivity index (χ3v) is 4.41. The molecule has 0 saturated carbocycles. The summed E-state index contributed by atoms with van der Waals surface area (Å²) in [5.41, 5.74) is 2.14. The highest BCUT2D eigenvalue weighted by Crippen LogP contribution is 2.44. The molecule has 0 amide bonds. The predicted molar refractivity (Wildman–Crippen MR) is 71.1 cm³/mol. The summed E-state index contributed by atoms with van der Waals surface area (Å²) in [5.74, 6) is 0.563. The first-order chi connectivity index (χ1) is 8.72. The first-order valence-corrected chi connectivity index (χ1v) is 6.99. The molecule has 1 aromatic rings. The van der Waals surface area contributed by atoms with E-state index < -0.39 is 4.75 Å². The fourth-order valence-corrected chi connectivity index (χ4v) is 3.55. The molecule has 18 heavy (non-hydrogen) atoms. The highest BCUT2D eigenvalue weighted by molar-refractivity contribution is 8.00. The van der Waals surface area contributed by atoms with Gasteiger partial charge in [0, 0.05) is 0 Å². The van der Waals surface area contributed by atoms with Gasteiger partial charge in [0.1, 0.15) is 4.75 Å². The number of fused-ring (bicyclic) bond motifs is 1. The lowest BCUT2D eigenvalue weighted by molar-refractivity contribution is -0.143. The van der Waals surface area contributed by atoms with Crippen molar-refractivity contribution in [2.75, 3.05) is 12.4 Å². The molecule has 3 nitrogen and oxygen atoms in total. The number of esters is 1. The molecule has 1 aromatic carbocycles. The van der Waals surface area contributed by atoms with Crippen LogP contribution in [0.3, 0.4) is 0 Å². The van der Waals surface area contributed by atoms with Crippen molar-refractivity contribution >= 4 is 17.7 Å². The Kier molecular flexibility index (Phi) is 3.93. The zero-order chi connectivity index (χ0) is 13.0. The lowest BCUT2D eigenvalue weighted by Gasteiger charge is -2.31. The van der Waals surface area contributed by atoms with Gasteiger partial charge in [-0.25, -0.2) is 0 Å². The maximum Gasteiger partial charge on any atom is 0.308 e. The number of ether oxygens (including phenoxy) is 1. The summed E-state index contributed by atoms with van der Waals surface area (Å²) < 4.78 is 4.21. The number of benzene rings is 1. The molecule has 0 spiro atoms. The summed E-state index contributed by atoms with van der Waals surface area (Å²) in [5, 5.41) is 9.53. The molecule has 0 aromatic heterocycles. The lowest BCUT2D eigenvalue weighted by atomic mass is 9.90. The average molecular weight is 261 g/mol. The molecule has 0 N–H and O–H groups in total. The Bertz CT molecular complexity index is 495. The minimum Gasteiger partial charge on any atom is -0.466 e. The Labute approximate surface area is 111 Å². The number of hydrogen-bond donors (Lipinski definition) is 0. The highest BCUT2D eigenvalue weighted by atomic mass is 32.2. The van der Waals surface area contributed by atoms with Crippen LogP contribution < -0.4 is 0 Å². The van der Waals surface area contributed by atoms with Gasteiger partial charge in [0.05, 0.1) is 19.1 Å². The summed E-state index contributed by atoms with van der Waals surface area (Å²) >= 11 is 1.55. The number of rotatable bonds is 3. The first kappa shape index (κ1) is 13.0. The molecule has 0 radical (unpaired) electrons. The van der Waals surface area contributed by atoms with Crippen LogP contribution in [0.1, 0.15) is 24.5 Å². The fourth-order valence-electron chi connectivity index (χ4n) is 2.24. The minimum atomic E-state index is -0.777. The van der Waals surface area contributed by atoms with Crippen LogP contribution in [-0.2, 0) is 20.7 Å². The molecule has 1 heterocycles. The van der Waals surface area contributed by atoms with Crippen molar-refractivity contribution in [2.24, 2.45) is 0 Å². The summed E-state index contributed by atoms with van der Waals surface area (Å²) in [6.07, 6.45) is 1.08. The Balaban J connectivity index is 2.34. The van der Waals surface area contributed by atoms with Crippen molar-refractivity contribution in [1.82, 2.24) is 0 Å². The largest absolute Gasteiger partial charge is 0.466 e. The Morgan fingerprint density at radius 2 is 2.33 bits per heavy atom. The van der Waals surface area contributed by atoms with Gasteiger partial charge < -0.3 is 4.74 Å². The number of carbonyl (C=O) groups is 1. The number of carbonyl (C=O) groups excluding carboxylic acids is 1. The van der Waals surface area contributed by atoms with Crippen LogP contribution >= 0.6 is 11.8 Å². The maximum absolute atomic E-state index is 11.7. The summed E-state index contributed by atoms with van der Waals surface area (Å²) in [6, 6.07) is 10.2. The number of nitrogens with zero attached hydrogens (tertiary/aromatic N) is 1. The summed E-state index contributed by atoms with van der Waals surface area (Å²) in [6.45, 7) is 2.13. The molecule has 94 valence electrons. The van der Waals surface area contributed by atoms with Gasteiger partial charge >= 0.3 is 5.97 Å². The molecule has 1 aliphatic heterocycles. The van der Waals surface area contributed by atoms with E-state index in [4.69, 9.17) is 4.74 Å². The van der Waals surface area contributed by atoms with Gasteiger partial charge in [0.25, 0.3) is 0 Å². The summed E-state index contributed by atoms with van der Waals surface area (Å²) in [4.78, 5) is 11.7. The van der Waals surface area contributed by atoms with Gasteiger partial charge in [-0.2, -0.15) is 5.26 Å². The smallest absolute Gasteiger partial charge is 0.308 e. The van der Waals surface area contributed by atoms with Crippen LogP contribution in [0.2, 0.25) is 0 Å². The number of nitriles is 1. The monoisotopic (exact) mass is 261 g/mol. The second kappa shape index (κ2) is 5.45. The zero-order valence-electron chi connectivity index (χ0n) is 10.3. The molecule has 1 atom stereocenters. The van der Waals surface area contributed by atoms with Crippen molar-refractivity contribution in [3.63, 3.8) is 0 Å². The summed E-state index contributed by atoms with van der Waals surface area (Å²) in [7, 11) is 0. The van der Waals surface area contributed by atoms with Gasteiger partial charge in [-0.05, 0) is 30.2 Å². The highest BCUT2D eigenvalue weighted by Gasteiger charge is 2.40. The fraction of sp³-hybridized carbons (Fsp3) is 0.429. The van der Waals surface area contributed by atoms with Crippen molar-refractivity contribution < 1.29 is 9.53 Å². The third kappa shape index (κ3) is 2.37. The van der Waals surface area contributed by atoms with E-state index in [1.807, 2.05) is 24.3 Å². The van der Waals surface area contributed by atoms with Crippen LogP contribution in [0.25, 0.3) is 0 Å². The molecule has 0 bridgehead atoms. The lowest BCUT2D eigenvalue weighted by Crippen LogP contribution is -2.30. The molecule has 0 fully saturated rings. The van der Waals surface area contributed by atoms with Crippen molar-refractivity contribution in [2.45, 2.75) is 24.5 Å². The van der Waals surface area contributed by atoms with Crippen LogP contribution in [-0.4, -0.2) is 18.3 Å². The van der Waals surface area contributed by atoms with E-state index in [1.165, 1.54) is 5.56 Å². The van der Waals surface area contributed by atoms with Crippen LogP contribution in [0.15, 0.2) is 24.3 Å². The van der Waals surface area contributed by atoms with Gasteiger partial charge in [0.2, 0.25) is 0 Å². The van der Waals surface area contributed by atoms with Crippen molar-refractivity contribution in [3.8, 4) is 6.07 Å². The number of hydrogen-bond acceptors (Lipinski definition) is 4. The molecule has 0 aliphatic carbocycles. The standard InChI is InChI=1S/C14H15NO2S/c1-2-17-13(16)9-14(10-15)12-6-4-3-5-11(12)7-8-18-14/h3-6H,2,7-9H2,1H3. The molecule has 1 unspecified atom stereocenters. The molecule has 1 aliphatic rings. The SMILES string of the molecule is CCOC(=O)CC1(C#N)SCCc2ccccc21. The van der Waals surface area contributed by atoms with Crippen LogP contribution in [0, 0.1) is 11.3 Å². The van der Waals surface area contributed by atoms with Gasteiger partial charge in [0.15, 0.2) is 0 Å². The number of thioether (sulfide) groups is 1. The van der Waals surface area contributed by atoms with E-state index in [0.29, 0.717) is 6.61 Å². The topological polar surface area (TPSA) is 50.1 Å². The van der Waals surface area contributed by atoms with E-state index in [0.717, 1.165) is 17.7 Å². The second-order valence-corrected chi connectivity index (χ2v) is 5.57. The Hall–Kier alpha value is -1.47. The second-order valence-electron chi connectivity index (χ2n) is 4.18. The van der Waals surface area contributed by atoms with Gasteiger partial charge in [-0.3, -0.25) is 4.79 Å². The third-order valence-electron chi connectivity index (χ3n) is 3.05. The number of aryl methyl sites for hydroxylation is 1. The normalized spacial score (nSPS) is 21.8. The van der Waals surface area contributed by atoms with Crippen molar-refractivity contribution in [1.29, 1.82) is 5.26 Å². The molecule has 4 heteroatoms. The molecular formula is C14H15NO2S. The van der Waals surface area contributed by atoms with E-state index in [9.17, 15) is 10.1 Å². The maximum atomic E-state index is 11.7. The van der Waals surface area contributed by atoms with E-state index in [-0.39, 0.29) is 12.4 Å². The molecule has 2 rings (SSSR count). The van der Waals surface area contributed by atoms with E-state index in [2.05, 4.69) is 6.07 Å². The van der Waals surface area contributed by atoms with E-state index in [1.54, 1.807) is 18.7 Å². The zero-order valence-corrected chi connectivity index (χ0v) is 11.1. The van der Waals surface area contributed by atoms with Crippen molar-refractivity contribution in [3.05, 3.63) is 35.4 Å². The van der Waals surface area contributed by atoms with Gasteiger partial charge in [-0.1, -0.05) is 24.3 Å².